The van der Waals surface area contributed by atoms with Crippen LogP contribution in [0.15, 0.2) is 29.9 Å². The Morgan fingerprint density at radius 2 is 2.33 bits per heavy atom. The summed E-state index contributed by atoms with van der Waals surface area (Å²) in [6.45, 7) is 0. The molecule has 0 saturated heterocycles. The standard InChI is InChI=1S/C15H16N4OS/c1-19-5-4-16-13(19)12-8-21-15(17-12)18-14(20)11-7-9-2-3-10(11)6-9/h2-5,8-11H,6-7H2,1H3,(H,17,18,20)/t9-,10-,11+/m0/s1. The van der Waals surface area contributed by atoms with Gasteiger partial charge in [0.1, 0.15) is 5.69 Å². The molecule has 0 aliphatic heterocycles. The van der Waals surface area contributed by atoms with Crippen molar-refractivity contribution in [2.24, 2.45) is 24.8 Å². The molecule has 2 bridgehead atoms. The quantitative estimate of drug-likeness (QED) is 0.887. The lowest BCUT2D eigenvalue weighted by atomic mass is 9.93. The van der Waals surface area contributed by atoms with E-state index < -0.39 is 0 Å². The van der Waals surface area contributed by atoms with Crippen molar-refractivity contribution in [3.8, 4) is 11.5 Å². The number of carbonyl (C=O) groups is 1. The zero-order valence-corrected chi connectivity index (χ0v) is 12.5. The lowest BCUT2D eigenvalue weighted by molar-refractivity contribution is -0.120. The van der Waals surface area contributed by atoms with Crippen LogP contribution in [-0.4, -0.2) is 20.4 Å². The SMILES string of the molecule is Cn1ccnc1-c1csc(NC(=O)[C@@H]2C[C@H]3C=C[C@H]2C3)n1. The monoisotopic (exact) mass is 300 g/mol. The van der Waals surface area contributed by atoms with Gasteiger partial charge in [-0.3, -0.25) is 4.79 Å². The van der Waals surface area contributed by atoms with E-state index in [0.717, 1.165) is 24.4 Å². The minimum Gasteiger partial charge on any atom is -0.333 e. The smallest absolute Gasteiger partial charge is 0.229 e. The molecule has 4 rings (SSSR count). The third-order valence-electron chi connectivity index (χ3n) is 4.40. The molecule has 1 N–H and O–H groups in total. The van der Waals surface area contributed by atoms with E-state index in [4.69, 9.17) is 0 Å². The summed E-state index contributed by atoms with van der Waals surface area (Å²) in [5.41, 5.74) is 0.802. The van der Waals surface area contributed by atoms with Gasteiger partial charge in [-0.15, -0.1) is 11.3 Å². The number of rotatable bonds is 3. The van der Waals surface area contributed by atoms with Gasteiger partial charge in [0.05, 0.1) is 0 Å². The molecule has 2 aromatic rings. The second kappa shape index (κ2) is 4.80. The minimum absolute atomic E-state index is 0.104. The number of anilines is 1. The summed E-state index contributed by atoms with van der Waals surface area (Å²) < 4.78 is 1.92. The fourth-order valence-electron chi connectivity index (χ4n) is 3.33. The van der Waals surface area contributed by atoms with Gasteiger partial charge in [-0.2, -0.15) is 0 Å². The zero-order valence-electron chi connectivity index (χ0n) is 11.7. The first-order valence-corrected chi connectivity index (χ1v) is 8.01. The van der Waals surface area contributed by atoms with Crippen LogP contribution in [0.3, 0.4) is 0 Å². The normalized spacial score (nSPS) is 26.4. The number of carbonyl (C=O) groups excluding carboxylic acids is 1. The molecule has 2 aliphatic carbocycles. The molecular formula is C15H16N4OS. The van der Waals surface area contributed by atoms with Gasteiger partial charge in [-0.05, 0) is 24.7 Å². The molecule has 3 atom stereocenters. The van der Waals surface area contributed by atoms with E-state index in [9.17, 15) is 4.79 Å². The highest BCUT2D eigenvalue weighted by Crippen LogP contribution is 2.43. The average molecular weight is 300 g/mol. The molecule has 108 valence electrons. The van der Waals surface area contributed by atoms with Crippen LogP contribution in [-0.2, 0) is 11.8 Å². The average Bonchev–Trinajstić information content (AvgIpc) is 3.21. The summed E-state index contributed by atoms with van der Waals surface area (Å²) >= 11 is 1.45. The molecule has 5 nitrogen and oxygen atoms in total. The molecule has 2 heterocycles. The number of allylic oxidation sites excluding steroid dienone is 2. The lowest BCUT2D eigenvalue weighted by Crippen LogP contribution is -2.25. The van der Waals surface area contributed by atoms with Crippen molar-refractivity contribution in [1.29, 1.82) is 0 Å². The van der Waals surface area contributed by atoms with Crippen LogP contribution in [0.5, 0.6) is 0 Å². The highest BCUT2D eigenvalue weighted by atomic mass is 32.1. The second-order valence-electron chi connectivity index (χ2n) is 5.78. The Hall–Kier alpha value is -1.95. The highest BCUT2D eigenvalue weighted by molar-refractivity contribution is 7.14. The largest absolute Gasteiger partial charge is 0.333 e. The van der Waals surface area contributed by atoms with Gasteiger partial charge in [0.15, 0.2) is 11.0 Å². The Labute approximate surface area is 126 Å². The summed E-state index contributed by atoms with van der Waals surface area (Å²) in [5.74, 6) is 2.05. The molecule has 1 saturated carbocycles. The van der Waals surface area contributed by atoms with E-state index >= 15 is 0 Å². The minimum atomic E-state index is 0.104. The Morgan fingerprint density at radius 3 is 3.00 bits per heavy atom. The van der Waals surface area contributed by atoms with Crippen LogP contribution < -0.4 is 5.32 Å². The molecule has 2 aliphatic rings. The number of amides is 1. The molecule has 1 fully saturated rings. The third kappa shape index (κ3) is 2.19. The number of aryl methyl sites for hydroxylation is 1. The highest BCUT2D eigenvalue weighted by Gasteiger charge is 2.39. The van der Waals surface area contributed by atoms with Crippen LogP contribution >= 0.6 is 11.3 Å². The maximum Gasteiger partial charge on any atom is 0.229 e. The number of aromatic nitrogens is 3. The maximum absolute atomic E-state index is 12.4. The summed E-state index contributed by atoms with van der Waals surface area (Å²) in [6.07, 6.45) is 10.2. The van der Waals surface area contributed by atoms with E-state index in [1.54, 1.807) is 6.20 Å². The van der Waals surface area contributed by atoms with Crippen molar-refractivity contribution in [2.75, 3.05) is 5.32 Å². The van der Waals surface area contributed by atoms with Crippen LogP contribution in [0.4, 0.5) is 5.13 Å². The van der Waals surface area contributed by atoms with Gasteiger partial charge in [0.2, 0.25) is 5.91 Å². The number of thiazole rings is 1. The van der Waals surface area contributed by atoms with E-state index in [1.807, 2.05) is 23.2 Å². The van der Waals surface area contributed by atoms with Gasteiger partial charge < -0.3 is 9.88 Å². The third-order valence-corrected chi connectivity index (χ3v) is 5.16. The van der Waals surface area contributed by atoms with Crippen molar-refractivity contribution in [3.63, 3.8) is 0 Å². The molecule has 0 aromatic carbocycles. The predicted molar refractivity (Wildman–Crippen MR) is 81.8 cm³/mol. The van der Waals surface area contributed by atoms with Crippen LogP contribution in [0.2, 0.25) is 0 Å². The Kier molecular flexibility index (Phi) is 2.92. The zero-order chi connectivity index (χ0) is 14.4. The molecule has 21 heavy (non-hydrogen) atoms. The number of nitrogens with zero attached hydrogens (tertiary/aromatic N) is 3. The first-order valence-electron chi connectivity index (χ1n) is 7.13. The fraction of sp³-hybridized carbons (Fsp3) is 0.400. The number of hydrogen-bond acceptors (Lipinski definition) is 4. The first-order chi connectivity index (χ1) is 10.2. The molecule has 0 radical (unpaired) electrons. The summed E-state index contributed by atoms with van der Waals surface area (Å²) in [5, 5.41) is 5.55. The molecular weight excluding hydrogens is 284 g/mol. The summed E-state index contributed by atoms with van der Waals surface area (Å²) in [6, 6.07) is 0. The number of imidazole rings is 1. The topological polar surface area (TPSA) is 59.8 Å². The van der Waals surface area contributed by atoms with Crippen molar-refractivity contribution >= 4 is 22.4 Å². The number of hydrogen-bond donors (Lipinski definition) is 1. The Bertz CT molecular complexity index is 717. The number of nitrogens with one attached hydrogen (secondary N) is 1. The fourth-order valence-corrected chi connectivity index (χ4v) is 4.02. The first kappa shape index (κ1) is 12.8. The number of fused-ring (bicyclic) bond motifs is 2. The van der Waals surface area contributed by atoms with Crippen LogP contribution in [0.1, 0.15) is 12.8 Å². The van der Waals surface area contributed by atoms with Gasteiger partial charge in [0.25, 0.3) is 0 Å². The second-order valence-corrected chi connectivity index (χ2v) is 6.63. The van der Waals surface area contributed by atoms with Gasteiger partial charge in [0, 0.05) is 30.7 Å². The summed E-state index contributed by atoms with van der Waals surface area (Å²) in [7, 11) is 1.93. The summed E-state index contributed by atoms with van der Waals surface area (Å²) in [4.78, 5) is 21.1. The van der Waals surface area contributed by atoms with Gasteiger partial charge in [-0.25, -0.2) is 9.97 Å². The van der Waals surface area contributed by atoms with Gasteiger partial charge in [-0.1, -0.05) is 12.2 Å². The van der Waals surface area contributed by atoms with E-state index in [1.165, 1.54) is 11.3 Å². The lowest BCUT2D eigenvalue weighted by Gasteiger charge is -2.16. The van der Waals surface area contributed by atoms with Crippen LogP contribution in [0, 0.1) is 17.8 Å². The van der Waals surface area contributed by atoms with Crippen molar-refractivity contribution < 1.29 is 4.79 Å². The molecule has 6 heteroatoms. The maximum atomic E-state index is 12.4. The van der Waals surface area contributed by atoms with Crippen molar-refractivity contribution in [1.82, 2.24) is 14.5 Å². The van der Waals surface area contributed by atoms with E-state index in [2.05, 4.69) is 27.4 Å². The molecule has 1 amide bonds. The van der Waals surface area contributed by atoms with Crippen LogP contribution in [0.25, 0.3) is 11.5 Å². The van der Waals surface area contributed by atoms with Crippen molar-refractivity contribution in [2.45, 2.75) is 12.8 Å². The predicted octanol–water partition coefficient (Wildman–Crippen LogP) is 2.69. The van der Waals surface area contributed by atoms with Gasteiger partial charge >= 0.3 is 0 Å². The van der Waals surface area contributed by atoms with Crippen molar-refractivity contribution in [3.05, 3.63) is 29.9 Å². The molecule has 2 aromatic heterocycles. The Morgan fingerprint density at radius 1 is 1.43 bits per heavy atom. The van der Waals surface area contributed by atoms with E-state index in [0.29, 0.717) is 17.0 Å². The molecule has 0 spiro atoms. The molecule has 0 unspecified atom stereocenters. The van der Waals surface area contributed by atoms with E-state index in [-0.39, 0.29) is 11.8 Å². The Balaban J connectivity index is 1.48.